The molecule has 0 amide bonds. The normalized spacial score (nSPS) is 14.3. The number of benzene rings is 1. The van der Waals surface area contributed by atoms with Gasteiger partial charge in [0.2, 0.25) is 0 Å². The van der Waals surface area contributed by atoms with Crippen LogP contribution in [0.3, 0.4) is 0 Å². The van der Waals surface area contributed by atoms with E-state index in [-0.39, 0.29) is 6.10 Å². The van der Waals surface area contributed by atoms with Crippen LogP contribution in [-0.4, -0.2) is 5.11 Å². The molecule has 0 fully saturated rings. The molecule has 16 heavy (non-hydrogen) atoms. The second-order valence-corrected chi connectivity index (χ2v) is 3.83. The molecule has 1 aromatic rings. The number of aliphatic hydroxyl groups excluding tert-OH is 1. The van der Waals surface area contributed by atoms with Gasteiger partial charge in [-0.05, 0) is 32.3 Å². The smallest absolute Gasteiger partial charge is 0.0793 e. The molecular weight excluding hydrogens is 196 g/mol. The molecule has 0 bridgehead atoms. The summed E-state index contributed by atoms with van der Waals surface area (Å²) in [5.41, 5.74) is 2.27. The van der Waals surface area contributed by atoms with E-state index in [2.05, 4.69) is 12.2 Å². The molecule has 0 heterocycles. The van der Waals surface area contributed by atoms with Crippen LogP contribution in [0.2, 0.25) is 0 Å². The van der Waals surface area contributed by atoms with Gasteiger partial charge in [0.15, 0.2) is 0 Å². The average molecular weight is 216 g/mol. The minimum absolute atomic E-state index is 0.360. The highest BCUT2D eigenvalue weighted by atomic mass is 16.3. The third kappa shape index (κ3) is 4.03. The van der Waals surface area contributed by atoms with Crippen molar-refractivity contribution in [3.05, 3.63) is 59.7 Å². The topological polar surface area (TPSA) is 20.2 Å². The summed E-state index contributed by atoms with van der Waals surface area (Å²) in [6.07, 6.45) is 7.55. The first kappa shape index (κ1) is 12.7. The van der Waals surface area contributed by atoms with E-state index in [9.17, 15) is 5.11 Å². The molecule has 1 nitrogen and oxygen atoms in total. The van der Waals surface area contributed by atoms with Crippen molar-refractivity contribution in [2.24, 2.45) is 0 Å². The molecule has 1 unspecified atom stereocenters. The van der Waals surface area contributed by atoms with Gasteiger partial charge in [-0.2, -0.15) is 0 Å². The van der Waals surface area contributed by atoms with Crippen molar-refractivity contribution in [3.63, 3.8) is 0 Å². The van der Waals surface area contributed by atoms with Gasteiger partial charge in [0.25, 0.3) is 0 Å². The Balaban J connectivity index is 2.50. The summed E-state index contributed by atoms with van der Waals surface area (Å²) in [5, 5.41) is 9.98. The van der Waals surface area contributed by atoms with Crippen molar-refractivity contribution in [1.29, 1.82) is 0 Å². The van der Waals surface area contributed by atoms with E-state index in [1.165, 1.54) is 5.57 Å². The minimum atomic E-state index is -0.360. The quantitative estimate of drug-likeness (QED) is 0.737. The Hall–Kier alpha value is -1.34. The molecule has 0 aliphatic carbocycles. The Morgan fingerprint density at radius 3 is 2.50 bits per heavy atom. The molecule has 1 heteroatoms. The van der Waals surface area contributed by atoms with E-state index in [0.29, 0.717) is 0 Å². The van der Waals surface area contributed by atoms with Gasteiger partial charge in [0.05, 0.1) is 6.10 Å². The van der Waals surface area contributed by atoms with Crippen molar-refractivity contribution in [3.8, 4) is 0 Å². The second kappa shape index (κ2) is 7.02. The van der Waals surface area contributed by atoms with Crippen molar-refractivity contribution in [1.82, 2.24) is 0 Å². The van der Waals surface area contributed by atoms with E-state index >= 15 is 0 Å². The summed E-state index contributed by atoms with van der Waals surface area (Å²) in [4.78, 5) is 0. The maximum Gasteiger partial charge on any atom is 0.0793 e. The zero-order chi connectivity index (χ0) is 11.8. The van der Waals surface area contributed by atoms with Crippen LogP contribution in [0.1, 0.15) is 38.4 Å². The lowest BCUT2D eigenvalue weighted by atomic mass is 10.0. The third-order valence-electron chi connectivity index (χ3n) is 2.64. The van der Waals surface area contributed by atoms with E-state index < -0.39 is 0 Å². The molecule has 0 saturated heterocycles. The Morgan fingerprint density at radius 2 is 1.94 bits per heavy atom. The summed E-state index contributed by atoms with van der Waals surface area (Å²) in [5.74, 6) is 0. The number of hydrogen-bond acceptors (Lipinski definition) is 1. The molecule has 1 aromatic carbocycles. The molecule has 0 radical (unpaired) electrons. The van der Waals surface area contributed by atoms with Crippen LogP contribution in [0.25, 0.3) is 0 Å². The Bertz CT molecular complexity index is 349. The predicted octanol–water partition coefficient (Wildman–Crippen LogP) is 4.02. The highest BCUT2D eigenvalue weighted by Crippen LogP contribution is 2.20. The molecule has 1 rings (SSSR count). The Kier molecular flexibility index (Phi) is 5.58. The summed E-state index contributed by atoms with van der Waals surface area (Å²) in [7, 11) is 0. The standard InChI is InChI=1S/C15H20O/c1-3-8-13(4-2)11-12-15(16)14-9-6-5-7-10-14/h3-10,15-16H,11-12H2,1-2H3/b8-3-,13-4+. The van der Waals surface area contributed by atoms with E-state index in [4.69, 9.17) is 0 Å². The van der Waals surface area contributed by atoms with Crippen LogP contribution in [0.15, 0.2) is 54.1 Å². The first-order valence-electron chi connectivity index (χ1n) is 5.78. The number of aliphatic hydroxyl groups is 1. The van der Waals surface area contributed by atoms with Crippen molar-refractivity contribution in [2.75, 3.05) is 0 Å². The first-order valence-corrected chi connectivity index (χ1v) is 5.78. The van der Waals surface area contributed by atoms with Gasteiger partial charge in [-0.25, -0.2) is 0 Å². The van der Waals surface area contributed by atoms with Gasteiger partial charge in [-0.1, -0.05) is 54.1 Å². The second-order valence-electron chi connectivity index (χ2n) is 3.83. The van der Waals surface area contributed by atoms with Gasteiger partial charge < -0.3 is 5.11 Å². The van der Waals surface area contributed by atoms with Gasteiger partial charge in [-0.15, -0.1) is 0 Å². The highest BCUT2D eigenvalue weighted by Gasteiger charge is 2.06. The number of rotatable bonds is 5. The summed E-state index contributed by atoms with van der Waals surface area (Å²) >= 11 is 0. The van der Waals surface area contributed by atoms with Gasteiger partial charge >= 0.3 is 0 Å². The largest absolute Gasteiger partial charge is 0.388 e. The molecule has 1 N–H and O–H groups in total. The lowest BCUT2D eigenvalue weighted by Crippen LogP contribution is -1.97. The van der Waals surface area contributed by atoms with Gasteiger partial charge in [-0.3, -0.25) is 0 Å². The number of hydrogen-bond donors (Lipinski definition) is 1. The molecule has 86 valence electrons. The van der Waals surface area contributed by atoms with Crippen LogP contribution < -0.4 is 0 Å². The minimum Gasteiger partial charge on any atom is -0.388 e. The molecule has 1 atom stereocenters. The van der Waals surface area contributed by atoms with Gasteiger partial charge in [0, 0.05) is 0 Å². The van der Waals surface area contributed by atoms with Crippen LogP contribution in [0.5, 0.6) is 0 Å². The SMILES string of the molecule is C/C=C\C(=C/C)CCC(O)c1ccccc1. The predicted molar refractivity (Wildman–Crippen MR) is 69.2 cm³/mol. The monoisotopic (exact) mass is 216 g/mol. The number of allylic oxidation sites excluding steroid dienone is 4. The fraction of sp³-hybridized carbons (Fsp3) is 0.333. The molecule has 0 saturated carbocycles. The lowest BCUT2D eigenvalue weighted by Gasteiger charge is -2.10. The van der Waals surface area contributed by atoms with Crippen LogP contribution in [0.4, 0.5) is 0 Å². The van der Waals surface area contributed by atoms with Crippen LogP contribution in [-0.2, 0) is 0 Å². The lowest BCUT2D eigenvalue weighted by molar-refractivity contribution is 0.168. The first-order chi connectivity index (χ1) is 7.77. The van der Waals surface area contributed by atoms with Crippen molar-refractivity contribution < 1.29 is 5.11 Å². The molecule has 0 aliphatic heterocycles. The zero-order valence-corrected chi connectivity index (χ0v) is 10.1. The fourth-order valence-electron chi connectivity index (χ4n) is 1.68. The molecule has 0 spiro atoms. The van der Waals surface area contributed by atoms with E-state index in [1.807, 2.05) is 50.3 Å². The Labute approximate surface area is 98.1 Å². The fourth-order valence-corrected chi connectivity index (χ4v) is 1.68. The molecule has 0 aliphatic rings. The Morgan fingerprint density at radius 1 is 1.25 bits per heavy atom. The summed E-state index contributed by atoms with van der Waals surface area (Å²) < 4.78 is 0. The zero-order valence-electron chi connectivity index (χ0n) is 10.1. The van der Waals surface area contributed by atoms with Crippen molar-refractivity contribution >= 4 is 0 Å². The molecular formula is C15H20O. The van der Waals surface area contributed by atoms with Crippen molar-refractivity contribution in [2.45, 2.75) is 32.8 Å². The third-order valence-corrected chi connectivity index (χ3v) is 2.64. The van der Waals surface area contributed by atoms with Crippen LogP contribution in [0, 0.1) is 0 Å². The average Bonchev–Trinajstić information content (AvgIpc) is 2.35. The van der Waals surface area contributed by atoms with E-state index in [0.717, 1.165) is 18.4 Å². The highest BCUT2D eigenvalue weighted by molar-refractivity contribution is 5.20. The maximum atomic E-state index is 9.98. The summed E-state index contributed by atoms with van der Waals surface area (Å²) in [6.45, 7) is 4.04. The maximum absolute atomic E-state index is 9.98. The van der Waals surface area contributed by atoms with Gasteiger partial charge in [0.1, 0.15) is 0 Å². The van der Waals surface area contributed by atoms with E-state index in [1.54, 1.807) is 0 Å². The molecule has 0 aromatic heterocycles. The summed E-state index contributed by atoms with van der Waals surface area (Å²) in [6, 6.07) is 9.82. The van der Waals surface area contributed by atoms with Crippen LogP contribution >= 0.6 is 0 Å².